The fourth-order valence-electron chi connectivity index (χ4n) is 1.43. The Labute approximate surface area is 86.3 Å². The summed E-state index contributed by atoms with van der Waals surface area (Å²) in [6, 6.07) is 0. The summed E-state index contributed by atoms with van der Waals surface area (Å²) in [6.45, 7) is 11.0. The summed E-state index contributed by atoms with van der Waals surface area (Å²) in [7, 11) is 0. The Hall–Kier alpha value is -1.02. The molecule has 0 aromatic carbocycles. The molecule has 0 bridgehead atoms. The predicted molar refractivity (Wildman–Crippen MR) is 60.2 cm³/mol. The van der Waals surface area contributed by atoms with Gasteiger partial charge in [0.2, 0.25) is 0 Å². The van der Waals surface area contributed by atoms with E-state index >= 15 is 0 Å². The standard InChI is InChI=1S/C12H20O2/c1-5-8-11(12(14)7-3)10(6-2)9(4)13/h6,12-14H,2,4-5,7-8H2,1,3H3/b11-10+/t12-/m0/s1. The van der Waals surface area contributed by atoms with Crippen molar-refractivity contribution in [3.05, 3.63) is 36.1 Å². The van der Waals surface area contributed by atoms with Gasteiger partial charge in [0.1, 0.15) is 5.76 Å². The summed E-state index contributed by atoms with van der Waals surface area (Å²) in [5.74, 6) is -0.0176. The first kappa shape index (κ1) is 13.0. The molecule has 0 radical (unpaired) electrons. The molecule has 0 rings (SSSR count). The molecule has 2 heteroatoms. The lowest BCUT2D eigenvalue weighted by atomic mass is 9.96. The molecule has 0 aliphatic rings. The van der Waals surface area contributed by atoms with Crippen LogP contribution in [0.25, 0.3) is 0 Å². The Kier molecular flexibility index (Phi) is 5.97. The van der Waals surface area contributed by atoms with E-state index in [4.69, 9.17) is 0 Å². The molecule has 0 fully saturated rings. The molecular formula is C12H20O2. The summed E-state index contributed by atoms with van der Waals surface area (Å²) in [6.07, 6.45) is 3.37. The number of rotatable bonds is 6. The molecule has 14 heavy (non-hydrogen) atoms. The Balaban J connectivity index is 5.07. The summed E-state index contributed by atoms with van der Waals surface area (Å²) < 4.78 is 0. The molecule has 0 spiro atoms. The van der Waals surface area contributed by atoms with E-state index in [-0.39, 0.29) is 5.76 Å². The average Bonchev–Trinajstić information content (AvgIpc) is 2.16. The Morgan fingerprint density at radius 1 is 1.43 bits per heavy atom. The van der Waals surface area contributed by atoms with Crippen molar-refractivity contribution in [2.24, 2.45) is 0 Å². The molecule has 0 aromatic rings. The second-order valence-electron chi connectivity index (χ2n) is 3.26. The molecule has 1 atom stereocenters. The van der Waals surface area contributed by atoms with Gasteiger partial charge >= 0.3 is 0 Å². The van der Waals surface area contributed by atoms with E-state index in [1.54, 1.807) is 6.08 Å². The maximum absolute atomic E-state index is 9.74. The van der Waals surface area contributed by atoms with Crippen LogP contribution in [-0.4, -0.2) is 16.3 Å². The first-order valence-electron chi connectivity index (χ1n) is 5.00. The van der Waals surface area contributed by atoms with Gasteiger partial charge in [-0.05, 0) is 18.4 Å². The van der Waals surface area contributed by atoms with E-state index in [0.29, 0.717) is 12.0 Å². The molecular weight excluding hydrogens is 176 g/mol. The van der Waals surface area contributed by atoms with Crippen molar-refractivity contribution in [1.82, 2.24) is 0 Å². The third kappa shape index (κ3) is 3.38. The fourth-order valence-corrected chi connectivity index (χ4v) is 1.43. The van der Waals surface area contributed by atoms with Gasteiger partial charge in [0.25, 0.3) is 0 Å². The summed E-state index contributed by atoms with van der Waals surface area (Å²) in [4.78, 5) is 0. The van der Waals surface area contributed by atoms with Crippen LogP contribution in [0.4, 0.5) is 0 Å². The lowest BCUT2D eigenvalue weighted by molar-refractivity contribution is 0.200. The van der Waals surface area contributed by atoms with Crippen LogP contribution in [0.5, 0.6) is 0 Å². The largest absolute Gasteiger partial charge is 0.508 e. The topological polar surface area (TPSA) is 40.5 Å². The third-order valence-electron chi connectivity index (χ3n) is 2.17. The summed E-state index contributed by atoms with van der Waals surface area (Å²) in [5, 5.41) is 19.1. The van der Waals surface area contributed by atoms with Crippen LogP contribution >= 0.6 is 0 Å². The highest BCUT2D eigenvalue weighted by atomic mass is 16.3. The van der Waals surface area contributed by atoms with Gasteiger partial charge < -0.3 is 10.2 Å². The van der Waals surface area contributed by atoms with Gasteiger partial charge in [0.05, 0.1) is 6.10 Å². The third-order valence-corrected chi connectivity index (χ3v) is 2.17. The van der Waals surface area contributed by atoms with Gasteiger partial charge in [-0.3, -0.25) is 0 Å². The highest BCUT2D eigenvalue weighted by Gasteiger charge is 2.13. The average molecular weight is 196 g/mol. The monoisotopic (exact) mass is 196 g/mol. The van der Waals surface area contributed by atoms with Crippen LogP contribution in [0, 0.1) is 0 Å². The van der Waals surface area contributed by atoms with Crippen molar-refractivity contribution < 1.29 is 10.2 Å². The van der Waals surface area contributed by atoms with E-state index in [1.807, 2.05) is 13.8 Å². The molecule has 80 valence electrons. The van der Waals surface area contributed by atoms with E-state index in [1.165, 1.54) is 0 Å². The molecule has 2 N–H and O–H groups in total. The number of aliphatic hydroxyl groups is 2. The van der Waals surface area contributed by atoms with Gasteiger partial charge in [-0.25, -0.2) is 0 Å². The number of hydrogen-bond donors (Lipinski definition) is 2. The van der Waals surface area contributed by atoms with Crippen LogP contribution in [0.3, 0.4) is 0 Å². The summed E-state index contributed by atoms with van der Waals surface area (Å²) in [5.41, 5.74) is 1.42. The zero-order valence-electron chi connectivity index (χ0n) is 9.08. The van der Waals surface area contributed by atoms with Crippen molar-refractivity contribution >= 4 is 0 Å². The normalized spacial score (nSPS) is 14.5. The van der Waals surface area contributed by atoms with Crippen LogP contribution in [-0.2, 0) is 0 Å². The lowest BCUT2D eigenvalue weighted by Crippen LogP contribution is -2.11. The Bertz CT molecular complexity index is 239. The van der Waals surface area contributed by atoms with E-state index in [9.17, 15) is 10.2 Å². The van der Waals surface area contributed by atoms with E-state index < -0.39 is 6.10 Å². The van der Waals surface area contributed by atoms with Crippen molar-refractivity contribution in [3.63, 3.8) is 0 Å². The van der Waals surface area contributed by atoms with Crippen molar-refractivity contribution in [2.45, 2.75) is 39.2 Å². The van der Waals surface area contributed by atoms with Gasteiger partial charge in [-0.1, -0.05) is 39.5 Å². The SMILES string of the molecule is C=C/C(C(=C)O)=C(/CCC)[C@@H](O)CC. The smallest absolute Gasteiger partial charge is 0.115 e. The fraction of sp³-hybridized carbons (Fsp3) is 0.500. The van der Waals surface area contributed by atoms with Gasteiger partial charge in [-0.15, -0.1) is 0 Å². The second kappa shape index (κ2) is 6.44. The molecule has 0 saturated heterocycles. The Morgan fingerprint density at radius 3 is 2.29 bits per heavy atom. The minimum atomic E-state index is -0.508. The van der Waals surface area contributed by atoms with Crippen molar-refractivity contribution in [1.29, 1.82) is 0 Å². The van der Waals surface area contributed by atoms with Crippen LogP contribution < -0.4 is 0 Å². The molecule has 0 heterocycles. The molecule has 0 aromatic heterocycles. The zero-order chi connectivity index (χ0) is 11.1. The minimum absolute atomic E-state index is 0.0176. The van der Waals surface area contributed by atoms with Crippen molar-refractivity contribution in [2.75, 3.05) is 0 Å². The van der Waals surface area contributed by atoms with Crippen LogP contribution in [0.15, 0.2) is 36.1 Å². The van der Waals surface area contributed by atoms with Gasteiger partial charge in [0, 0.05) is 5.57 Å². The first-order valence-corrected chi connectivity index (χ1v) is 5.00. The maximum Gasteiger partial charge on any atom is 0.115 e. The number of aliphatic hydroxyl groups excluding tert-OH is 2. The minimum Gasteiger partial charge on any atom is -0.508 e. The highest BCUT2D eigenvalue weighted by molar-refractivity contribution is 5.38. The highest BCUT2D eigenvalue weighted by Crippen LogP contribution is 2.22. The quantitative estimate of drug-likeness (QED) is 0.506. The van der Waals surface area contributed by atoms with Gasteiger partial charge in [0.15, 0.2) is 0 Å². The van der Waals surface area contributed by atoms with E-state index in [0.717, 1.165) is 18.4 Å². The number of allylic oxidation sites excluding steroid dienone is 1. The van der Waals surface area contributed by atoms with Crippen LogP contribution in [0.2, 0.25) is 0 Å². The first-order chi connectivity index (χ1) is 6.58. The van der Waals surface area contributed by atoms with Gasteiger partial charge in [-0.2, -0.15) is 0 Å². The lowest BCUT2D eigenvalue weighted by Gasteiger charge is -2.16. The molecule has 0 amide bonds. The van der Waals surface area contributed by atoms with Crippen molar-refractivity contribution in [3.8, 4) is 0 Å². The Morgan fingerprint density at radius 2 is 2.00 bits per heavy atom. The zero-order valence-corrected chi connectivity index (χ0v) is 9.08. The summed E-state index contributed by atoms with van der Waals surface area (Å²) >= 11 is 0. The maximum atomic E-state index is 9.74. The molecule has 0 unspecified atom stereocenters. The number of hydrogen-bond acceptors (Lipinski definition) is 2. The molecule has 0 aliphatic heterocycles. The van der Waals surface area contributed by atoms with Crippen LogP contribution in [0.1, 0.15) is 33.1 Å². The predicted octanol–water partition coefficient (Wildman–Crippen LogP) is 3.11. The van der Waals surface area contributed by atoms with E-state index in [2.05, 4.69) is 13.2 Å². The second-order valence-corrected chi connectivity index (χ2v) is 3.26. The molecule has 0 saturated carbocycles. The molecule has 2 nitrogen and oxygen atoms in total. The molecule has 0 aliphatic carbocycles.